The van der Waals surface area contributed by atoms with E-state index in [0.29, 0.717) is 11.4 Å². The molecule has 2 N–H and O–H groups in total. The summed E-state index contributed by atoms with van der Waals surface area (Å²) < 4.78 is 6.86. The molecule has 0 fully saturated rings. The number of rotatable bonds is 8. The number of nitrogens with one attached hydrogen (secondary N) is 2. The molecule has 2 aromatic carbocycles. The number of hydrogen-bond donors (Lipinski definition) is 2. The van der Waals surface area contributed by atoms with Gasteiger partial charge in [0.1, 0.15) is 11.9 Å². The van der Waals surface area contributed by atoms with Crippen LogP contribution in [0.3, 0.4) is 0 Å². The molecule has 0 saturated heterocycles. The van der Waals surface area contributed by atoms with Crippen molar-refractivity contribution in [2.75, 3.05) is 11.9 Å². The standard InChI is InChI=1S/C26H30N4O4/c1-16(2)24(28-25(32)21-9-7-6-8-18(21)4)26(33)34-15-23(31)27-22-14-19(5)29-30(22)20-12-10-17(3)11-13-20/h6-14,16,24H,15H2,1-5H3,(H,27,31)(H,28,32)/t24-/m0/s1. The average molecular weight is 463 g/mol. The van der Waals surface area contributed by atoms with E-state index in [2.05, 4.69) is 15.7 Å². The van der Waals surface area contributed by atoms with Gasteiger partial charge in [0.05, 0.1) is 11.4 Å². The van der Waals surface area contributed by atoms with Crippen LogP contribution in [0, 0.1) is 26.7 Å². The number of aryl methyl sites for hydroxylation is 3. The van der Waals surface area contributed by atoms with Gasteiger partial charge in [-0.15, -0.1) is 0 Å². The molecule has 2 amide bonds. The predicted molar refractivity (Wildman–Crippen MR) is 130 cm³/mol. The maximum absolute atomic E-state index is 12.7. The van der Waals surface area contributed by atoms with Gasteiger partial charge in [0, 0.05) is 11.6 Å². The van der Waals surface area contributed by atoms with Gasteiger partial charge in [-0.3, -0.25) is 9.59 Å². The fourth-order valence-electron chi connectivity index (χ4n) is 3.42. The SMILES string of the molecule is Cc1ccc(-n2nc(C)cc2NC(=O)COC(=O)[C@@H](NC(=O)c2ccccc2C)C(C)C)cc1. The number of carbonyl (C=O) groups is 3. The van der Waals surface area contributed by atoms with Crippen molar-refractivity contribution >= 4 is 23.6 Å². The first-order valence-corrected chi connectivity index (χ1v) is 11.1. The minimum atomic E-state index is -0.889. The molecule has 1 heterocycles. The highest BCUT2D eigenvalue weighted by molar-refractivity contribution is 5.98. The minimum absolute atomic E-state index is 0.228. The number of hydrogen-bond acceptors (Lipinski definition) is 5. The van der Waals surface area contributed by atoms with Crippen LogP contribution < -0.4 is 10.6 Å². The van der Waals surface area contributed by atoms with E-state index in [1.807, 2.05) is 57.2 Å². The highest BCUT2D eigenvalue weighted by Gasteiger charge is 2.27. The van der Waals surface area contributed by atoms with E-state index in [9.17, 15) is 14.4 Å². The molecule has 0 spiro atoms. The minimum Gasteiger partial charge on any atom is -0.454 e. The molecule has 8 heteroatoms. The van der Waals surface area contributed by atoms with E-state index in [-0.39, 0.29) is 11.8 Å². The van der Waals surface area contributed by atoms with Crippen LogP contribution >= 0.6 is 0 Å². The summed E-state index contributed by atoms with van der Waals surface area (Å²) in [6, 6.07) is 15.7. The third-order valence-corrected chi connectivity index (χ3v) is 5.32. The van der Waals surface area contributed by atoms with Crippen LogP contribution in [-0.2, 0) is 14.3 Å². The predicted octanol–water partition coefficient (Wildman–Crippen LogP) is 3.73. The molecule has 0 bridgehead atoms. The molecular formula is C26H30N4O4. The number of amides is 2. The second kappa shape index (κ2) is 10.8. The van der Waals surface area contributed by atoms with Crippen molar-refractivity contribution in [1.29, 1.82) is 0 Å². The van der Waals surface area contributed by atoms with Crippen LogP contribution in [0.1, 0.15) is 41.0 Å². The van der Waals surface area contributed by atoms with E-state index in [4.69, 9.17) is 4.74 Å². The number of benzene rings is 2. The van der Waals surface area contributed by atoms with E-state index >= 15 is 0 Å². The molecule has 0 aliphatic heterocycles. The van der Waals surface area contributed by atoms with Crippen molar-refractivity contribution in [3.63, 3.8) is 0 Å². The Labute approximate surface area is 199 Å². The molecule has 0 unspecified atom stereocenters. The Kier molecular flexibility index (Phi) is 7.83. The zero-order chi connectivity index (χ0) is 24.8. The van der Waals surface area contributed by atoms with Crippen LogP contribution in [0.4, 0.5) is 5.82 Å². The van der Waals surface area contributed by atoms with Crippen LogP contribution in [0.5, 0.6) is 0 Å². The van der Waals surface area contributed by atoms with Crippen molar-refractivity contribution < 1.29 is 19.1 Å². The molecule has 0 aliphatic rings. The quantitative estimate of drug-likeness (QED) is 0.497. The third kappa shape index (κ3) is 6.10. The Bertz CT molecular complexity index is 1180. The second-order valence-corrected chi connectivity index (χ2v) is 8.58. The zero-order valence-electron chi connectivity index (χ0n) is 20.1. The van der Waals surface area contributed by atoms with Gasteiger partial charge in [0.15, 0.2) is 6.61 Å². The molecule has 8 nitrogen and oxygen atoms in total. The van der Waals surface area contributed by atoms with E-state index < -0.39 is 24.5 Å². The van der Waals surface area contributed by atoms with E-state index in [0.717, 1.165) is 22.5 Å². The van der Waals surface area contributed by atoms with Crippen molar-refractivity contribution in [2.24, 2.45) is 5.92 Å². The maximum atomic E-state index is 12.7. The van der Waals surface area contributed by atoms with Crippen LogP contribution in [0.25, 0.3) is 5.69 Å². The number of aromatic nitrogens is 2. The molecule has 3 rings (SSSR count). The molecule has 34 heavy (non-hydrogen) atoms. The van der Waals surface area contributed by atoms with Gasteiger partial charge < -0.3 is 15.4 Å². The molecule has 3 aromatic rings. The van der Waals surface area contributed by atoms with Gasteiger partial charge in [0.2, 0.25) is 0 Å². The van der Waals surface area contributed by atoms with E-state index in [1.54, 1.807) is 36.7 Å². The van der Waals surface area contributed by atoms with Gasteiger partial charge in [-0.2, -0.15) is 5.10 Å². The van der Waals surface area contributed by atoms with Crippen molar-refractivity contribution in [3.8, 4) is 5.69 Å². The van der Waals surface area contributed by atoms with Gasteiger partial charge in [-0.05, 0) is 50.5 Å². The average Bonchev–Trinajstić information content (AvgIpc) is 3.16. The monoisotopic (exact) mass is 462 g/mol. The first-order valence-electron chi connectivity index (χ1n) is 11.1. The topological polar surface area (TPSA) is 102 Å². The highest BCUT2D eigenvalue weighted by Crippen LogP contribution is 2.18. The Morgan fingerprint density at radius 3 is 2.32 bits per heavy atom. The lowest BCUT2D eigenvalue weighted by atomic mass is 10.0. The number of carbonyl (C=O) groups excluding carboxylic acids is 3. The summed E-state index contributed by atoms with van der Waals surface area (Å²) in [4.78, 5) is 37.9. The molecule has 0 aliphatic carbocycles. The third-order valence-electron chi connectivity index (χ3n) is 5.32. The lowest BCUT2D eigenvalue weighted by Crippen LogP contribution is -2.46. The molecule has 178 valence electrons. The Balaban J connectivity index is 1.62. The second-order valence-electron chi connectivity index (χ2n) is 8.58. The zero-order valence-corrected chi connectivity index (χ0v) is 20.1. The normalized spacial score (nSPS) is 11.7. The summed E-state index contributed by atoms with van der Waals surface area (Å²) in [5, 5.41) is 9.89. The first kappa shape index (κ1) is 24.7. The van der Waals surface area contributed by atoms with E-state index in [1.165, 1.54) is 0 Å². The molecule has 0 radical (unpaired) electrons. The van der Waals surface area contributed by atoms with Crippen molar-refractivity contribution in [1.82, 2.24) is 15.1 Å². The molecule has 0 saturated carbocycles. The fraction of sp³-hybridized carbons (Fsp3) is 0.308. The van der Waals surface area contributed by atoms with Crippen LogP contribution in [-0.4, -0.2) is 40.2 Å². The molecular weight excluding hydrogens is 432 g/mol. The Hall–Kier alpha value is -3.94. The number of esters is 1. The summed E-state index contributed by atoms with van der Waals surface area (Å²) in [6.07, 6.45) is 0. The molecule has 1 aromatic heterocycles. The largest absolute Gasteiger partial charge is 0.454 e. The van der Waals surface area contributed by atoms with Crippen molar-refractivity contribution in [3.05, 3.63) is 77.0 Å². The Morgan fingerprint density at radius 1 is 1.00 bits per heavy atom. The van der Waals surface area contributed by atoms with Gasteiger partial charge in [-0.1, -0.05) is 49.7 Å². The van der Waals surface area contributed by atoms with Gasteiger partial charge >= 0.3 is 5.97 Å². The Morgan fingerprint density at radius 2 is 1.68 bits per heavy atom. The highest BCUT2D eigenvalue weighted by atomic mass is 16.5. The van der Waals surface area contributed by atoms with Gasteiger partial charge in [0.25, 0.3) is 11.8 Å². The summed E-state index contributed by atoms with van der Waals surface area (Å²) in [5.74, 6) is -1.30. The van der Waals surface area contributed by atoms with Crippen LogP contribution in [0.2, 0.25) is 0 Å². The van der Waals surface area contributed by atoms with Crippen molar-refractivity contribution in [2.45, 2.75) is 40.7 Å². The molecule has 1 atom stereocenters. The van der Waals surface area contributed by atoms with Crippen LogP contribution in [0.15, 0.2) is 54.6 Å². The summed E-state index contributed by atoms with van der Waals surface area (Å²) in [5.41, 5.74) is 3.92. The summed E-state index contributed by atoms with van der Waals surface area (Å²) >= 11 is 0. The first-order chi connectivity index (χ1) is 16.2. The number of ether oxygens (including phenoxy) is 1. The lowest BCUT2D eigenvalue weighted by molar-refractivity contribution is -0.150. The maximum Gasteiger partial charge on any atom is 0.329 e. The summed E-state index contributed by atoms with van der Waals surface area (Å²) in [7, 11) is 0. The number of nitrogens with zero attached hydrogens (tertiary/aromatic N) is 2. The van der Waals surface area contributed by atoms with Gasteiger partial charge in [-0.25, -0.2) is 9.48 Å². The lowest BCUT2D eigenvalue weighted by Gasteiger charge is -2.21. The smallest absolute Gasteiger partial charge is 0.329 e. The number of anilines is 1. The fourth-order valence-corrected chi connectivity index (χ4v) is 3.42. The summed E-state index contributed by atoms with van der Waals surface area (Å²) in [6.45, 7) is 8.75.